The molecule has 10 nitrogen and oxygen atoms in total. The Kier molecular flexibility index (Phi) is 6.65. The van der Waals surface area contributed by atoms with Crippen LogP contribution in [0, 0.1) is 17.0 Å². The van der Waals surface area contributed by atoms with E-state index in [2.05, 4.69) is 22.1 Å². The molecular weight excluding hydrogens is 450 g/mol. The van der Waals surface area contributed by atoms with E-state index >= 15 is 0 Å². The number of fused-ring (bicyclic) bond motifs is 1. The SMILES string of the molecule is C=C(NOCc1nc2ccccc2c(=O)n1/N=C/c1cc(C)cc([N+](=O)[O-])c1O)c1ccccc1. The second-order valence-corrected chi connectivity index (χ2v) is 7.62. The van der Waals surface area contributed by atoms with Crippen LogP contribution < -0.4 is 11.0 Å². The summed E-state index contributed by atoms with van der Waals surface area (Å²) in [4.78, 5) is 33.7. The van der Waals surface area contributed by atoms with Crippen LogP contribution in [0.15, 0.2) is 83.2 Å². The number of rotatable bonds is 8. The summed E-state index contributed by atoms with van der Waals surface area (Å²) in [7, 11) is 0. The van der Waals surface area contributed by atoms with Gasteiger partial charge in [0.1, 0.15) is 6.61 Å². The van der Waals surface area contributed by atoms with Crippen molar-refractivity contribution in [1.29, 1.82) is 0 Å². The fourth-order valence-corrected chi connectivity index (χ4v) is 3.41. The first kappa shape index (κ1) is 23.3. The Morgan fingerprint density at radius 2 is 1.94 bits per heavy atom. The molecule has 35 heavy (non-hydrogen) atoms. The lowest BCUT2D eigenvalue weighted by Crippen LogP contribution is -2.24. The predicted octanol–water partition coefficient (Wildman–Crippen LogP) is 3.89. The van der Waals surface area contributed by atoms with Crippen LogP contribution in [0.5, 0.6) is 5.75 Å². The summed E-state index contributed by atoms with van der Waals surface area (Å²) >= 11 is 0. The number of phenolic OH excluding ortho intramolecular Hbond substituents is 1. The Morgan fingerprint density at radius 3 is 2.69 bits per heavy atom. The number of nitro groups is 1. The van der Waals surface area contributed by atoms with Gasteiger partial charge in [-0.2, -0.15) is 9.78 Å². The fourth-order valence-electron chi connectivity index (χ4n) is 3.41. The monoisotopic (exact) mass is 471 g/mol. The molecule has 0 spiro atoms. The summed E-state index contributed by atoms with van der Waals surface area (Å²) in [5, 5.41) is 26.1. The minimum atomic E-state index is -0.687. The molecule has 0 radical (unpaired) electrons. The number of nitrogens with zero attached hydrogens (tertiary/aromatic N) is 4. The first-order chi connectivity index (χ1) is 16.8. The number of phenols is 1. The van der Waals surface area contributed by atoms with Gasteiger partial charge in [-0.05, 0) is 36.2 Å². The molecule has 10 heteroatoms. The Labute approximate surface area is 199 Å². The van der Waals surface area contributed by atoms with Crippen LogP contribution in [-0.4, -0.2) is 25.9 Å². The van der Waals surface area contributed by atoms with Crippen LogP contribution in [0.1, 0.15) is 22.5 Å². The molecule has 0 aliphatic rings. The summed E-state index contributed by atoms with van der Waals surface area (Å²) in [5.74, 6) is -0.385. The molecule has 0 saturated heterocycles. The highest BCUT2D eigenvalue weighted by molar-refractivity contribution is 5.86. The highest BCUT2D eigenvalue weighted by Crippen LogP contribution is 2.30. The summed E-state index contributed by atoms with van der Waals surface area (Å²) in [6.07, 6.45) is 1.17. The van der Waals surface area contributed by atoms with Crippen molar-refractivity contribution in [2.75, 3.05) is 0 Å². The number of hydrogen-bond donors (Lipinski definition) is 2. The number of para-hydroxylation sites is 1. The van der Waals surface area contributed by atoms with Gasteiger partial charge in [0.05, 0.1) is 27.7 Å². The molecule has 0 bridgehead atoms. The van der Waals surface area contributed by atoms with Gasteiger partial charge in [0, 0.05) is 11.6 Å². The van der Waals surface area contributed by atoms with Crippen LogP contribution in [0.4, 0.5) is 5.69 Å². The van der Waals surface area contributed by atoms with Crippen molar-refractivity contribution < 1.29 is 14.9 Å². The number of hydroxylamine groups is 1. The lowest BCUT2D eigenvalue weighted by Gasteiger charge is -2.12. The van der Waals surface area contributed by atoms with E-state index in [0.717, 1.165) is 10.2 Å². The van der Waals surface area contributed by atoms with Crippen molar-refractivity contribution in [3.63, 3.8) is 0 Å². The van der Waals surface area contributed by atoms with Gasteiger partial charge in [0.15, 0.2) is 5.82 Å². The zero-order valence-electron chi connectivity index (χ0n) is 18.7. The number of nitro benzene ring substituents is 1. The lowest BCUT2D eigenvalue weighted by atomic mass is 10.1. The number of aromatic hydroxyl groups is 1. The number of hydrogen-bond acceptors (Lipinski definition) is 8. The van der Waals surface area contributed by atoms with Crippen LogP contribution in [-0.2, 0) is 11.4 Å². The molecule has 0 atom stereocenters. The third-order valence-electron chi connectivity index (χ3n) is 5.11. The lowest BCUT2D eigenvalue weighted by molar-refractivity contribution is -0.385. The molecule has 1 aromatic heterocycles. The number of aromatic nitrogens is 2. The van der Waals surface area contributed by atoms with E-state index in [-0.39, 0.29) is 18.0 Å². The normalized spacial score (nSPS) is 11.1. The zero-order chi connectivity index (χ0) is 24.9. The van der Waals surface area contributed by atoms with E-state index < -0.39 is 21.9 Å². The van der Waals surface area contributed by atoms with E-state index in [1.807, 2.05) is 30.3 Å². The van der Waals surface area contributed by atoms with Crippen LogP contribution >= 0.6 is 0 Å². The zero-order valence-corrected chi connectivity index (χ0v) is 18.7. The molecule has 4 rings (SSSR count). The molecule has 2 N–H and O–H groups in total. The van der Waals surface area contributed by atoms with Crippen molar-refractivity contribution >= 4 is 28.5 Å². The van der Waals surface area contributed by atoms with Crippen molar-refractivity contribution in [2.24, 2.45) is 5.10 Å². The average Bonchev–Trinajstić information content (AvgIpc) is 2.85. The largest absolute Gasteiger partial charge is 0.502 e. The van der Waals surface area contributed by atoms with Crippen molar-refractivity contribution in [3.8, 4) is 5.75 Å². The molecule has 0 saturated carbocycles. The molecular formula is C25H21N5O5. The summed E-state index contributed by atoms with van der Waals surface area (Å²) < 4.78 is 1.03. The van der Waals surface area contributed by atoms with E-state index in [1.54, 1.807) is 31.2 Å². The predicted molar refractivity (Wildman–Crippen MR) is 132 cm³/mol. The Hall–Kier alpha value is -4.83. The van der Waals surface area contributed by atoms with Gasteiger partial charge in [-0.25, -0.2) is 4.98 Å². The number of nitrogens with one attached hydrogen (secondary N) is 1. The molecule has 3 aromatic carbocycles. The third-order valence-corrected chi connectivity index (χ3v) is 5.11. The molecule has 0 amide bonds. The second-order valence-electron chi connectivity index (χ2n) is 7.62. The topological polar surface area (TPSA) is 132 Å². The van der Waals surface area contributed by atoms with Crippen molar-refractivity contribution in [3.05, 3.63) is 116 Å². The molecule has 0 unspecified atom stereocenters. The molecule has 176 valence electrons. The van der Waals surface area contributed by atoms with Gasteiger partial charge in [0.2, 0.25) is 5.75 Å². The average molecular weight is 471 g/mol. The summed E-state index contributed by atoms with van der Waals surface area (Å²) in [6.45, 7) is 5.43. The van der Waals surface area contributed by atoms with Crippen LogP contribution in [0.2, 0.25) is 0 Å². The molecule has 1 heterocycles. The Bertz CT molecular complexity index is 1510. The summed E-state index contributed by atoms with van der Waals surface area (Å²) in [5.41, 5.74) is 4.24. The maximum atomic E-state index is 13.2. The smallest absolute Gasteiger partial charge is 0.311 e. The quantitative estimate of drug-likeness (QED) is 0.226. The first-order valence-corrected chi connectivity index (χ1v) is 10.5. The van der Waals surface area contributed by atoms with E-state index in [0.29, 0.717) is 22.2 Å². The minimum absolute atomic E-state index is 0.0826. The van der Waals surface area contributed by atoms with Gasteiger partial charge in [-0.15, -0.1) is 0 Å². The van der Waals surface area contributed by atoms with Gasteiger partial charge in [-0.3, -0.25) is 25.2 Å². The van der Waals surface area contributed by atoms with Crippen LogP contribution in [0.25, 0.3) is 16.6 Å². The number of aryl methyl sites for hydroxylation is 1. The minimum Gasteiger partial charge on any atom is -0.502 e. The Morgan fingerprint density at radius 1 is 1.23 bits per heavy atom. The summed E-state index contributed by atoms with van der Waals surface area (Å²) in [6, 6.07) is 18.9. The van der Waals surface area contributed by atoms with E-state index in [1.165, 1.54) is 18.3 Å². The first-order valence-electron chi connectivity index (χ1n) is 10.5. The van der Waals surface area contributed by atoms with Gasteiger partial charge in [-0.1, -0.05) is 49.0 Å². The Balaban J connectivity index is 1.68. The van der Waals surface area contributed by atoms with E-state index in [9.17, 15) is 20.0 Å². The number of benzene rings is 3. The van der Waals surface area contributed by atoms with Gasteiger partial charge < -0.3 is 5.11 Å². The molecule has 0 fully saturated rings. The van der Waals surface area contributed by atoms with Gasteiger partial charge >= 0.3 is 5.69 Å². The standard InChI is InChI=1S/C25H21N5O5/c1-16-12-19(24(31)22(13-16)30(33)34)14-26-29-23(27-21-11-7-6-10-20(21)25(29)32)15-35-28-17(2)18-8-4-3-5-9-18/h3-14,28,31H,2,15H2,1H3/b26-14+. The highest BCUT2D eigenvalue weighted by Gasteiger charge is 2.18. The molecule has 0 aliphatic carbocycles. The maximum absolute atomic E-state index is 13.2. The molecule has 0 aliphatic heterocycles. The molecule has 4 aromatic rings. The second kappa shape index (κ2) is 9.98. The van der Waals surface area contributed by atoms with Crippen molar-refractivity contribution in [2.45, 2.75) is 13.5 Å². The third kappa shape index (κ3) is 5.07. The maximum Gasteiger partial charge on any atom is 0.311 e. The highest BCUT2D eigenvalue weighted by atomic mass is 16.6. The van der Waals surface area contributed by atoms with E-state index in [4.69, 9.17) is 4.84 Å². The van der Waals surface area contributed by atoms with Crippen molar-refractivity contribution in [1.82, 2.24) is 15.1 Å². The fraction of sp³-hybridized carbons (Fsp3) is 0.0800. The van der Waals surface area contributed by atoms with Crippen LogP contribution in [0.3, 0.4) is 0 Å². The van der Waals surface area contributed by atoms with Gasteiger partial charge in [0.25, 0.3) is 5.56 Å².